The van der Waals surface area contributed by atoms with E-state index in [1.165, 1.54) is 0 Å². The second-order valence-corrected chi connectivity index (χ2v) is 8.54. The number of ether oxygens (including phenoxy) is 6. The van der Waals surface area contributed by atoms with E-state index in [1.807, 2.05) is 24.3 Å². The summed E-state index contributed by atoms with van der Waals surface area (Å²) in [5.74, 6) is 2.38. The molecule has 3 aliphatic rings. The lowest BCUT2D eigenvalue weighted by Crippen LogP contribution is -2.22. The summed E-state index contributed by atoms with van der Waals surface area (Å²) in [7, 11) is 3.11. The number of hydrogen-bond acceptors (Lipinski definition) is 8. The van der Waals surface area contributed by atoms with Gasteiger partial charge < -0.3 is 28.4 Å². The number of carbonyl (C=O) groups excluding carboxylic acids is 2. The molecule has 0 aliphatic carbocycles. The predicted octanol–water partition coefficient (Wildman–Crippen LogP) is 4.53. The first-order valence-corrected chi connectivity index (χ1v) is 11.5. The lowest BCUT2D eigenvalue weighted by molar-refractivity contribution is -0.135. The molecule has 3 aromatic carbocycles. The standard InChI is InChI=1S/C28H22O8/c1-31-19-6-3-15(11-22(19)32-2)12-24-27(30)17-5-8-21-26(28(17)36-24)18(14-25(29)35-21)16-4-7-20-23(13-16)34-10-9-33-20/h3-8,11-13,18H,9-10,14H2,1-2H3. The molecule has 0 N–H and O–H groups in total. The van der Waals surface area contributed by atoms with Crippen molar-refractivity contribution in [3.05, 3.63) is 76.5 Å². The van der Waals surface area contributed by atoms with E-state index in [9.17, 15) is 9.59 Å². The zero-order valence-electron chi connectivity index (χ0n) is 19.7. The van der Waals surface area contributed by atoms with Gasteiger partial charge in [-0.15, -0.1) is 0 Å². The highest BCUT2D eigenvalue weighted by molar-refractivity contribution is 6.15. The van der Waals surface area contributed by atoms with Crippen LogP contribution in [0.5, 0.6) is 34.5 Å². The fourth-order valence-electron chi connectivity index (χ4n) is 4.76. The summed E-state index contributed by atoms with van der Waals surface area (Å²) in [4.78, 5) is 25.7. The summed E-state index contributed by atoms with van der Waals surface area (Å²) < 4.78 is 33.7. The molecule has 3 heterocycles. The molecule has 0 radical (unpaired) electrons. The smallest absolute Gasteiger partial charge is 0.312 e. The number of fused-ring (bicyclic) bond motifs is 4. The van der Waals surface area contributed by atoms with E-state index < -0.39 is 0 Å². The number of methoxy groups -OCH3 is 2. The average Bonchev–Trinajstić information content (AvgIpc) is 3.22. The van der Waals surface area contributed by atoms with Crippen LogP contribution in [0.3, 0.4) is 0 Å². The van der Waals surface area contributed by atoms with Crippen LogP contribution >= 0.6 is 0 Å². The van der Waals surface area contributed by atoms with Gasteiger partial charge in [0.2, 0.25) is 5.78 Å². The molecule has 0 amide bonds. The van der Waals surface area contributed by atoms with Gasteiger partial charge in [-0.2, -0.15) is 0 Å². The number of ketones is 1. The van der Waals surface area contributed by atoms with Crippen molar-refractivity contribution in [3.8, 4) is 34.5 Å². The molecule has 0 bridgehead atoms. The molecule has 8 heteroatoms. The molecule has 0 aromatic heterocycles. The predicted molar refractivity (Wildman–Crippen MR) is 128 cm³/mol. The van der Waals surface area contributed by atoms with Crippen LogP contribution in [0.2, 0.25) is 0 Å². The van der Waals surface area contributed by atoms with Crippen molar-refractivity contribution in [1.82, 2.24) is 0 Å². The third-order valence-electron chi connectivity index (χ3n) is 6.45. The van der Waals surface area contributed by atoms with E-state index in [1.54, 1.807) is 44.6 Å². The lowest BCUT2D eigenvalue weighted by atomic mass is 9.84. The van der Waals surface area contributed by atoms with E-state index in [-0.39, 0.29) is 29.9 Å². The molecule has 1 atom stereocenters. The van der Waals surface area contributed by atoms with Gasteiger partial charge in [0.1, 0.15) is 24.7 Å². The van der Waals surface area contributed by atoms with E-state index in [2.05, 4.69) is 0 Å². The Morgan fingerprint density at radius 3 is 2.42 bits per heavy atom. The van der Waals surface area contributed by atoms with Crippen molar-refractivity contribution >= 4 is 17.8 Å². The van der Waals surface area contributed by atoms with Crippen LogP contribution in [-0.4, -0.2) is 39.2 Å². The number of rotatable bonds is 4. The maximum absolute atomic E-state index is 13.3. The molecule has 3 aromatic rings. The first-order valence-electron chi connectivity index (χ1n) is 11.5. The summed E-state index contributed by atoms with van der Waals surface area (Å²) in [6.07, 6.45) is 1.76. The number of hydrogen-bond donors (Lipinski definition) is 0. The monoisotopic (exact) mass is 486 g/mol. The van der Waals surface area contributed by atoms with Gasteiger partial charge in [-0.25, -0.2) is 0 Å². The normalized spacial score (nSPS) is 18.7. The Morgan fingerprint density at radius 1 is 0.833 bits per heavy atom. The van der Waals surface area contributed by atoms with Crippen LogP contribution in [-0.2, 0) is 4.79 Å². The summed E-state index contributed by atoms with van der Waals surface area (Å²) in [6, 6.07) is 14.2. The maximum Gasteiger partial charge on any atom is 0.312 e. The molecule has 0 saturated heterocycles. The van der Waals surface area contributed by atoms with E-state index in [0.29, 0.717) is 64.4 Å². The third kappa shape index (κ3) is 3.62. The molecule has 0 saturated carbocycles. The van der Waals surface area contributed by atoms with Crippen molar-refractivity contribution in [3.63, 3.8) is 0 Å². The van der Waals surface area contributed by atoms with Gasteiger partial charge in [0.05, 0.1) is 26.2 Å². The largest absolute Gasteiger partial charge is 0.493 e. The topological polar surface area (TPSA) is 89.5 Å². The SMILES string of the molecule is COc1ccc(C=C2Oc3c(ccc4c3C(c3ccc5c(c3)OCCO5)CC(=O)O4)C2=O)cc1OC. The molecule has 0 spiro atoms. The van der Waals surface area contributed by atoms with Gasteiger partial charge >= 0.3 is 5.97 Å². The highest BCUT2D eigenvalue weighted by Gasteiger charge is 2.39. The first kappa shape index (κ1) is 22.0. The number of benzene rings is 3. The van der Waals surface area contributed by atoms with Crippen molar-refractivity contribution < 1.29 is 38.0 Å². The third-order valence-corrected chi connectivity index (χ3v) is 6.45. The Morgan fingerprint density at radius 2 is 1.61 bits per heavy atom. The Balaban J connectivity index is 1.41. The van der Waals surface area contributed by atoms with Gasteiger partial charge in [-0.05, 0) is 53.6 Å². The van der Waals surface area contributed by atoms with Crippen molar-refractivity contribution in [2.45, 2.75) is 12.3 Å². The van der Waals surface area contributed by atoms with Gasteiger partial charge in [-0.3, -0.25) is 9.59 Å². The Labute approximate surface area is 206 Å². The van der Waals surface area contributed by atoms with Crippen LogP contribution in [0.4, 0.5) is 0 Å². The molecule has 8 nitrogen and oxygen atoms in total. The Hall–Kier alpha value is -4.46. The Kier molecular flexibility index (Phi) is 5.29. The second-order valence-electron chi connectivity index (χ2n) is 8.54. The molecule has 3 aliphatic heterocycles. The van der Waals surface area contributed by atoms with Crippen LogP contribution in [0.15, 0.2) is 54.3 Å². The van der Waals surface area contributed by atoms with Crippen LogP contribution in [0.1, 0.15) is 39.4 Å². The molecule has 182 valence electrons. The van der Waals surface area contributed by atoms with E-state index in [0.717, 1.165) is 5.56 Å². The van der Waals surface area contributed by atoms with E-state index in [4.69, 9.17) is 28.4 Å². The molecule has 1 unspecified atom stereocenters. The quantitative estimate of drug-likeness (QED) is 0.302. The maximum atomic E-state index is 13.3. The van der Waals surface area contributed by atoms with Gasteiger partial charge in [0.15, 0.2) is 28.8 Å². The van der Waals surface area contributed by atoms with Crippen LogP contribution in [0, 0.1) is 0 Å². The minimum atomic E-state index is -0.375. The van der Waals surface area contributed by atoms with Gasteiger partial charge in [-0.1, -0.05) is 12.1 Å². The number of Topliss-reactive ketones (excluding diaryl/α,β-unsaturated/α-hetero) is 1. The zero-order chi connectivity index (χ0) is 24.8. The minimum Gasteiger partial charge on any atom is -0.493 e. The molecule has 36 heavy (non-hydrogen) atoms. The zero-order valence-corrected chi connectivity index (χ0v) is 19.7. The van der Waals surface area contributed by atoms with Gasteiger partial charge in [0, 0.05) is 11.5 Å². The lowest BCUT2D eigenvalue weighted by Gasteiger charge is -2.27. The van der Waals surface area contributed by atoms with Crippen molar-refractivity contribution in [2.24, 2.45) is 0 Å². The van der Waals surface area contributed by atoms with E-state index >= 15 is 0 Å². The first-order chi connectivity index (χ1) is 17.6. The number of esters is 1. The van der Waals surface area contributed by atoms with Crippen molar-refractivity contribution in [1.29, 1.82) is 0 Å². The molecule has 0 fully saturated rings. The summed E-state index contributed by atoms with van der Waals surface area (Å²) in [5.41, 5.74) is 2.64. The van der Waals surface area contributed by atoms with Crippen LogP contribution < -0.4 is 28.4 Å². The molecule has 6 rings (SSSR count). The number of allylic oxidation sites excluding steroid dienone is 1. The molecular formula is C28H22O8. The summed E-state index contributed by atoms with van der Waals surface area (Å²) in [6.45, 7) is 0.945. The van der Waals surface area contributed by atoms with Crippen LogP contribution in [0.25, 0.3) is 6.08 Å². The average molecular weight is 486 g/mol. The number of carbonyl (C=O) groups is 2. The Bertz CT molecular complexity index is 1440. The fourth-order valence-corrected chi connectivity index (χ4v) is 4.76. The second kappa shape index (κ2) is 8.64. The summed E-state index contributed by atoms with van der Waals surface area (Å²) in [5, 5.41) is 0. The minimum absolute atomic E-state index is 0.107. The van der Waals surface area contributed by atoms with Gasteiger partial charge in [0.25, 0.3) is 0 Å². The molecular weight excluding hydrogens is 464 g/mol. The van der Waals surface area contributed by atoms with Crippen molar-refractivity contribution in [2.75, 3.05) is 27.4 Å². The highest BCUT2D eigenvalue weighted by atomic mass is 16.6. The fraction of sp³-hybridized carbons (Fsp3) is 0.214. The highest BCUT2D eigenvalue weighted by Crippen LogP contribution is 2.50. The summed E-state index contributed by atoms with van der Waals surface area (Å²) >= 11 is 0.